The molecule has 7 heteroatoms. The van der Waals surface area contributed by atoms with Gasteiger partial charge in [-0.05, 0) is 32.1 Å². The molecule has 1 amide bonds. The molecule has 0 aromatic carbocycles. The number of carbonyl (C=O) groups excluding carboxylic acids is 1. The van der Waals surface area contributed by atoms with Crippen LogP contribution in [-0.4, -0.2) is 31.9 Å². The number of aromatic nitrogens is 4. The van der Waals surface area contributed by atoms with Gasteiger partial charge >= 0.3 is 0 Å². The molecule has 1 aliphatic carbocycles. The minimum absolute atomic E-state index is 0.0835. The van der Waals surface area contributed by atoms with E-state index < -0.39 is 0 Å². The number of nitrogens with zero attached hydrogens (tertiary/aromatic N) is 4. The molecule has 2 aromatic heterocycles. The molecule has 0 aliphatic heterocycles. The third kappa shape index (κ3) is 3.60. The molecule has 1 N–H and O–H groups in total. The van der Waals surface area contributed by atoms with E-state index in [1.54, 1.807) is 4.68 Å². The minimum atomic E-state index is -0.0835. The van der Waals surface area contributed by atoms with Gasteiger partial charge in [-0.2, -0.15) is 5.10 Å². The Kier molecular flexibility index (Phi) is 4.45. The number of aryl methyl sites for hydroxylation is 3. The summed E-state index contributed by atoms with van der Waals surface area (Å²) in [6.45, 7) is 3.90. The molecule has 124 valence electrons. The summed E-state index contributed by atoms with van der Waals surface area (Å²) in [6.07, 6.45) is 6.41. The summed E-state index contributed by atoms with van der Waals surface area (Å²) in [7, 11) is 1.82. The van der Waals surface area contributed by atoms with Crippen molar-refractivity contribution >= 4 is 5.91 Å². The van der Waals surface area contributed by atoms with Gasteiger partial charge in [0.2, 0.25) is 11.8 Å². The van der Waals surface area contributed by atoms with Gasteiger partial charge in [0.1, 0.15) is 0 Å². The van der Waals surface area contributed by atoms with Crippen LogP contribution in [0.3, 0.4) is 0 Å². The Morgan fingerprint density at radius 2 is 2.17 bits per heavy atom. The molecule has 1 aliphatic rings. The average molecular weight is 317 g/mol. The summed E-state index contributed by atoms with van der Waals surface area (Å²) >= 11 is 0. The van der Waals surface area contributed by atoms with Gasteiger partial charge in [-0.25, -0.2) is 0 Å². The number of nitrogens with one attached hydrogen (secondary N) is 1. The normalized spacial score (nSPS) is 20.8. The predicted molar refractivity (Wildman–Crippen MR) is 83.9 cm³/mol. The summed E-state index contributed by atoms with van der Waals surface area (Å²) in [5.41, 5.74) is 1.41. The Balaban J connectivity index is 1.53. The maximum atomic E-state index is 12.3. The predicted octanol–water partition coefficient (Wildman–Crippen LogP) is 1.82. The van der Waals surface area contributed by atoms with Crippen molar-refractivity contribution in [1.82, 2.24) is 25.3 Å². The highest BCUT2D eigenvalue weighted by atomic mass is 16.4. The molecule has 0 spiro atoms. The second-order valence-corrected chi connectivity index (χ2v) is 6.33. The molecule has 0 unspecified atom stereocenters. The lowest BCUT2D eigenvalue weighted by Gasteiger charge is -2.12. The monoisotopic (exact) mass is 317 g/mol. The zero-order chi connectivity index (χ0) is 16.4. The van der Waals surface area contributed by atoms with Gasteiger partial charge in [0, 0.05) is 37.7 Å². The fraction of sp³-hybridized carbons (Fsp3) is 0.625. The molecular formula is C16H23N5O2. The van der Waals surface area contributed by atoms with Crippen LogP contribution in [0.2, 0.25) is 0 Å². The molecule has 2 aromatic rings. The third-order valence-corrected chi connectivity index (χ3v) is 4.38. The van der Waals surface area contributed by atoms with Crippen LogP contribution in [0.4, 0.5) is 0 Å². The molecule has 0 radical (unpaired) electrons. The van der Waals surface area contributed by atoms with Crippen LogP contribution >= 0.6 is 0 Å². The van der Waals surface area contributed by atoms with Gasteiger partial charge in [-0.15, -0.1) is 10.2 Å². The molecule has 2 heterocycles. The highest BCUT2D eigenvalue weighted by Crippen LogP contribution is 2.28. The van der Waals surface area contributed by atoms with Crippen LogP contribution in [0.25, 0.3) is 0 Å². The topological polar surface area (TPSA) is 85.8 Å². The second kappa shape index (κ2) is 6.52. The minimum Gasteiger partial charge on any atom is -0.425 e. The Labute approximate surface area is 135 Å². The first-order valence-electron chi connectivity index (χ1n) is 8.17. The maximum Gasteiger partial charge on any atom is 0.272 e. The van der Waals surface area contributed by atoms with Crippen molar-refractivity contribution in [2.45, 2.75) is 52.0 Å². The third-order valence-electron chi connectivity index (χ3n) is 4.38. The lowest BCUT2D eigenvalue weighted by Crippen LogP contribution is -2.33. The first-order chi connectivity index (χ1) is 11.0. The van der Waals surface area contributed by atoms with E-state index in [4.69, 9.17) is 4.42 Å². The fourth-order valence-electron chi connectivity index (χ4n) is 3.24. The lowest BCUT2D eigenvalue weighted by atomic mass is 10.0. The Morgan fingerprint density at radius 3 is 2.83 bits per heavy atom. The molecule has 7 nitrogen and oxygen atoms in total. The molecule has 1 fully saturated rings. The van der Waals surface area contributed by atoms with Crippen LogP contribution in [0.1, 0.15) is 54.0 Å². The highest BCUT2D eigenvalue weighted by molar-refractivity contribution is 5.93. The van der Waals surface area contributed by atoms with E-state index in [0.717, 1.165) is 37.7 Å². The van der Waals surface area contributed by atoms with Gasteiger partial charge in [-0.1, -0.05) is 6.92 Å². The van der Waals surface area contributed by atoms with Crippen LogP contribution in [0.15, 0.2) is 10.6 Å². The van der Waals surface area contributed by atoms with Crippen LogP contribution in [-0.2, 0) is 19.9 Å². The lowest BCUT2D eigenvalue weighted by molar-refractivity contribution is 0.0930. The highest BCUT2D eigenvalue weighted by Gasteiger charge is 2.28. The van der Waals surface area contributed by atoms with Crippen LogP contribution < -0.4 is 5.32 Å². The second-order valence-electron chi connectivity index (χ2n) is 6.33. The SMILES string of the molecule is CCc1nnc(C[C@@H]2CC[C@H](NC(=O)c3nn(C)cc3C)C2)o1. The number of amides is 1. The largest absolute Gasteiger partial charge is 0.425 e. The van der Waals surface area contributed by atoms with E-state index >= 15 is 0 Å². The molecule has 23 heavy (non-hydrogen) atoms. The summed E-state index contributed by atoms with van der Waals surface area (Å²) < 4.78 is 7.25. The van der Waals surface area contributed by atoms with Crippen molar-refractivity contribution in [3.8, 4) is 0 Å². The average Bonchev–Trinajstić information content (AvgIpc) is 3.21. The summed E-state index contributed by atoms with van der Waals surface area (Å²) in [5.74, 6) is 1.79. The standard InChI is InChI=1S/C16H23N5O2/c1-4-13-18-19-14(23-13)8-11-5-6-12(7-11)17-16(22)15-10(2)9-21(3)20-15/h9,11-12H,4-8H2,1-3H3,(H,17,22)/t11-,12+/m1/s1. The van der Waals surface area contributed by atoms with Gasteiger partial charge in [0.05, 0.1) is 0 Å². The van der Waals surface area contributed by atoms with Crippen molar-refractivity contribution in [1.29, 1.82) is 0 Å². The van der Waals surface area contributed by atoms with E-state index in [2.05, 4.69) is 20.6 Å². The van der Waals surface area contributed by atoms with Gasteiger partial charge < -0.3 is 9.73 Å². The maximum absolute atomic E-state index is 12.3. The molecule has 2 atom stereocenters. The summed E-state index contributed by atoms with van der Waals surface area (Å²) in [6, 6.07) is 0.197. The van der Waals surface area contributed by atoms with Crippen LogP contribution in [0.5, 0.6) is 0 Å². The Bertz CT molecular complexity index is 690. The summed E-state index contributed by atoms with van der Waals surface area (Å²) in [5, 5.41) is 15.4. The van der Waals surface area contributed by atoms with Crippen molar-refractivity contribution in [2.75, 3.05) is 0 Å². The zero-order valence-corrected chi connectivity index (χ0v) is 13.9. The Morgan fingerprint density at radius 1 is 1.39 bits per heavy atom. The number of hydrogen-bond donors (Lipinski definition) is 1. The van der Waals surface area contributed by atoms with Crippen molar-refractivity contribution < 1.29 is 9.21 Å². The summed E-state index contributed by atoms with van der Waals surface area (Å²) in [4.78, 5) is 12.3. The molecule has 1 saturated carbocycles. The quantitative estimate of drug-likeness (QED) is 0.909. The fourth-order valence-corrected chi connectivity index (χ4v) is 3.24. The van der Waals surface area contributed by atoms with Gasteiger partial charge in [-0.3, -0.25) is 9.48 Å². The molecule has 0 saturated heterocycles. The van der Waals surface area contributed by atoms with Crippen molar-refractivity contribution in [3.05, 3.63) is 29.2 Å². The van der Waals surface area contributed by atoms with E-state index in [1.807, 2.05) is 27.1 Å². The first kappa shape index (κ1) is 15.7. The van der Waals surface area contributed by atoms with E-state index in [9.17, 15) is 4.79 Å². The molecular weight excluding hydrogens is 294 g/mol. The number of rotatable bonds is 5. The Hall–Kier alpha value is -2.18. The van der Waals surface area contributed by atoms with E-state index in [0.29, 0.717) is 23.4 Å². The van der Waals surface area contributed by atoms with E-state index in [-0.39, 0.29) is 11.9 Å². The smallest absolute Gasteiger partial charge is 0.272 e. The van der Waals surface area contributed by atoms with Gasteiger partial charge in [0.25, 0.3) is 5.91 Å². The first-order valence-corrected chi connectivity index (χ1v) is 8.17. The van der Waals surface area contributed by atoms with E-state index in [1.165, 1.54) is 0 Å². The molecule has 3 rings (SSSR count). The molecule has 0 bridgehead atoms. The van der Waals surface area contributed by atoms with Crippen molar-refractivity contribution in [3.63, 3.8) is 0 Å². The zero-order valence-electron chi connectivity index (χ0n) is 13.9. The number of hydrogen-bond acceptors (Lipinski definition) is 5. The van der Waals surface area contributed by atoms with Gasteiger partial charge in [0.15, 0.2) is 5.69 Å². The van der Waals surface area contributed by atoms with Crippen LogP contribution in [0, 0.1) is 12.8 Å². The number of carbonyl (C=O) groups is 1. The van der Waals surface area contributed by atoms with Crippen molar-refractivity contribution in [2.24, 2.45) is 13.0 Å².